The van der Waals surface area contributed by atoms with Gasteiger partial charge in [0.25, 0.3) is 5.91 Å². The number of hydrogen-bond donors (Lipinski definition) is 2. The van der Waals surface area contributed by atoms with E-state index >= 15 is 0 Å². The summed E-state index contributed by atoms with van der Waals surface area (Å²) < 4.78 is 31.8. The second kappa shape index (κ2) is 7.13. The SMILES string of the molecule is CS(=O)(=O)ON=Cc1cccc2c1OCCC(C(=O)N=C(N)N)=C2. The standard InChI is InChI=1S/C14H16N4O5S/c1-24(20,21)23-17-8-11-4-2-3-9-7-10(5-6-22-12(9)11)13(19)18-14(15)16/h2-4,7-8H,5-6H2,1H3,(H4,15,16,18,19). The van der Waals surface area contributed by atoms with Crippen LogP contribution in [0, 0.1) is 0 Å². The lowest BCUT2D eigenvalue weighted by atomic mass is 10.1. The summed E-state index contributed by atoms with van der Waals surface area (Å²) >= 11 is 0. The van der Waals surface area contributed by atoms with Gasteiger partial charge in [-0.15, -0.1) is 0 Å². The first-order chi connectivity index (χ1) is 11.3. The molecule has 0 aromatic heterocycles. The molecular weight excluding hydrogens is 336 g/mol. The molecule has 0 atom stereocenters. The third-order valence-corrected chi connectivity index (χ3v) is 3.26. The zero-order valence-corrected chi connectivity index (χ0v) is 13.6. The summed E-state index contributed by atoms with van der Waals surface area (Å²) in [4.78, 5) is 15.5. The van der Waals surface area contributed by atoms with Gasteiger partial charge in [0.05, 0.1) is 19.1 Å². The molecule has 0 saturated heterocycles. The van der Waals surface area contributed by atoms with Crippen LogP contribution in [0.4, 0.5) is 0 Å². The number of amides is 1. The predicted octanol–water partition coefficient (Wildman–Crippen LogP) is -0.0374. The Kier molecular flexibility index (Phi) is 5.19. The number of aliphatic imine (C=N–C) groups is 1. The van der Waals surface area contributed by atoms with Crippen molar-refractivity contribution in [1.82, 2.24) is 0 Å². The summed E-state index contributed by atoms with van der Waals surface area (Å²) in [5.74, 6) is -0.401. The van der Waals surface area contributed by atoms with Crippen molar-refractivity contribution in [2.24, 2.45) is 21.6 Å². The molecule has 1 heterocycles. The number of carbonyl (C=O) groups excluding carboxylic acids is 1. The molecule has 1 aromatic rings. The second-order valence-corrected chi connectivity index (χ2v) is 6.45. The van der Waals surface area contributed by atoms with Crippen molar-refractivity contribution in [2.75, 3.05) is 12.9 Å². The summed E-state index contributed by atoms with van der Waals surface area (Å²) in [6, 6.07) is 5.11. The van der Waals surface area contributed by atoms with E-state index in [1.807, 2.05) is 0 Å². The molecule has 1 aromatic carbocycles. The van der Waals surface area contributed by atoms with Crippen molar-refractivity contribution < 1.29 is 22.2 Å². The Morgan fingerprint density at radius 3 is 2.79 bits per heavy atom. The molecule has 1 aliphatic heterocycles. The first-order valence-electron chi connectivity index (χ1n) is 6.78. The summed E-state index contributed by atoms with van der Waals surface area (Å²) in [7, 11) is -3.69. The minimum Gasteiger partial charge on any atom is -0.492 e. The first kappa shape index (κ1) is 17.5. The van der Waals surface area contributed by atoms with E-state index in [9.17, 15) is 13.2 Å². The number of carbonyl (C=O) groups is 1. The van der Waals surface area contributed by atoms with E-state index in [1.165, 1.54) is 6.21 Å². The van der Waals surface area contributed by atoms with Crippen molar-refractivity contribution in [3.63, 3.8) is 0 Å². The Labute approximate surface area is 138 Å². The molecule has 0 unspecified atom stereocenters. The molecule has 24 heavy (non-hydrogen) atoms. The minimum absolute atomic E-state index is 0.225. The topological polar surface area (TPSA) is 146 Å². The minimum atomic E-state index is -3.69. The number of rotatable bonds is 4. The van der Waals surface area contributed by atoms with E-state index in [2.05, 4.69) is 14.4 Å². The van der Waals surface area contributed by atoms with Crippen molar-refractivity contribution >= 4 is 34.3 Å². The fraction of sp³-hybridized carbons (Fsp3) is 0.214. The molecule has 0 saturated carbocycles. The highest BCUT2D eigenvalue weighted by molar-refractivity contribution is 7.85. The molecule has 0 fully saturated rings. The van der Waals surface area contributed by atoms with Gasteiger partial charge in [0.2, 0.25) is 0 Å². The van der Waals surface area contributed by atoms with Gasteiger partial charge in [0.15, 0.2) is 5.96 Å². The molecule has 9 nitrogen and oxygen atoms in total. The van der Waals surface area contributed by atoms with Gasteiger partial charge >= 0.3 is 10.1 Å². The number of oxime groups is 1. The van der Waals surface area contributed by atoms with Crippen LogP contribution in [0.2, 0.25) is 0 Å². The van der Waals surface area contributed by atoms with Crippen LogP contribution in [-0.2, 0) is 19.2 Å². The van der Waals surface area contributed by atoms with Crippen LogP contribution in [0.3, 0.4) is 0 Å². The number of para-hydroxylation sites is 1. The van der Waals surface area contributed by atoms with E-state index in [1.54, 1.807) is 24.3 Å². The van der Waals surface area contributed by atoms with E-state index < -0.39 is 16.0 Å². The van der Waals surface area contributed by atoms with Crippen molar-refractivity contribution in [2.45, 2.75) is 6.42 Å². The lowest BCUT2D eigenvalue weighted by molar-refractivity contribution is -0.114. The van der Waals surface area contributed by atoms with Crippen LogP contribution in [0.5, 0.6) is 5.75 Å². The third kappa shape index (κ3) is 4.81. The van der Waals surface area contributed by atoms with Crippen LogP contribution < -0.4 is 16.2 Å². The zero-order valence-electron chi connectivity index (χ0n) is 12.8. The molecular formula is C14H16N4O5S. The molecule has 1 amide bonds. The largest absolute Gasteiger partial charge is 0.492 e. The maximum absolute atomic E-state index is 12.0. The first-order valence-corrected chi connectivity index (χ1v) is 8.60. The Balaban J connectivity index is 2.35. The molecule has 0 spiro atoms. The fourth-order valence-corrected chi connectivity index (χ4v) is 2.19. The highest BCUT2D eigenvalue weighted by Crippen LogP contribution is 2.29. The molecule has 0 bridgehead atoms. The van der Waals surface area contributed by atoms with Gasteiger partial charge in [-0.3, -0.25) is 9.08 Å². The normalized spacial score (nSPS) is 14.1. The summed E-state index contributed by atoms with van der Waals surface area (Å²) in [6.45, 7) is 0.225. The smallest absolute Gasteiger partial charge is 0.325 e. The highest BCUT2D eigenvalue weighted by Gasteiger charge is 2.17. The second-order valence-electron chi connectivity index (χ2n) is 4.89. The van der Waals surface area contributed by atoms with Gasteiger partial charge < -0.3 is 16.2 Å². The molecule has 10 heteroatoms. The Morgan fingerprint density at radius 2 is 2.12 bits per heavy atom. The Hall–Kier alpha value is -2.88. The van der Waals surface area contributed by atoms with Crippen LogP contribution in [0.25, 0.3) is 6.08 Å². The van der Waals surface area contributed by atoms with Crippen molar-refractivity contribution in [1.29, 1.82) is 0 Å². The number of ether oxygens (including phenoxy) is 1. The summed E-state index contributed by atoms with van der Waals surface area (Å²) in [6.07, 6.45) is 4.04. The summed E-state index contributed by atoms with van der Waals surface area (Å²) in [5.41, 5.74) is 11.9. The lowest BCUT2D eigenvalue weighted by Gasteiger charge is -2.08. The van der Waals surface area contributed by atoms with Gasteiger partial charge in [-0.1, -0.05) is 17.3 Å². The number of nitrogens with zero attached hydrogens (tertiary/aromatic N) is 2. The highest BCUT2D eigenvalue weighted by atomic mass is 32.2. The molecule has 4 N–H and O–H groups in total. The molecule has 2 rings (SSSR count). The van der Waals surface area contributed by atoms with Crippen LogP contribution >= 0.6 is 0 Å². The Bertz CT molecular complexity index is 839. The van der Waals surface area contributed by atoms with Crippen LogP contribution in [-0.4, -0.2) is 39.4 Å². The van der Waals surface area contributed by atoms with Gasteiger partial charge in [-0.05, 0) is 12.1 Å². The summed E-state index contributed by atoms with van der Waals surface area (Å²) in [5, 5.41) is 3.41. The predicted molar refractivity (Wildman–Crippen MR) is 88.9 cm³/mol. The molecule has 0 aliphatic carbocycles. The van der Waals surface area contributed by atoms with Crippen LogP contribution in [0.1, 0.15) is 17.5 Å². The van der Waals surface area contributed by atoms with Gasteiger partial charge in [-0.25, -0.2) is 0 Å². The van der Waals surface area contributed by atoms with E-state index in [4.69, 9.17) is 16.2 Å². The lowest BCUT2D eigenvalue weighted by Crippen LogP contribution is -2.24. The van der Waals surface area contributed by atoms with E-state index in [-0.39, 0.29) is 12.6 Å². The van der Waals surface area contributed by atoms with Crippen molar-refractivity contribution in [3.8, 4) is 5.75 Å². The van der Waals surface area contributed by atoms with E-state index in [0.29, 0.717) is 28.9 Å². The average molecular weight is 352 g/mol. The van der Waals surface area contributed by atoms with E-state index in [0.717, 1.165) is 6.26 Å². The maximum atomic E-state index is 12.0. The monoisotopic (exact) mass is 352 g/mol. The molecule has 0 radical (unpaired) electrons. The zero-order chi connectivity index (χ0) is 17.7. The van der Waals surface area contributed by atoms with Gasteiger partial charge in [0, 0.05) is 23.1 Å². The Morgan fingerprint density at radius 1 is 1.38 bits per heavy atom. The van der Waals surface area contributed by atoms with Gasteiger partial charge in [0.1, 0.15) is 5.75 Å². The average Bonchev–Trinajstić information content (AvgIpc) is 2.68. The number of nitrogens with two attached hydrogens (primary N) is 2. The molecule has 128 valence electrons. The fourth-order valence-electron chi connectivity index (χ4n) is 1.99. The quantitative estimate of drug-likeness (QED) is 0.439. The van der Waals surface area contributed by atoms with Gasteiger partial charge in [-0.2, -0.15) is 13.4 Å². The number of fused-ring (bicyclic) bond motifs is 1. The number of benzene rings is 1. The van der Waals surface area contributed by atoms with Crippen molar-refractivity contribution in [3.05, 3.63) is 34.9 Å². The number of guanidine groups is 1. The molecule has 1 aliphatic rings. The maximum Gasteiger partial charge on any atom is 0.325 e. The number of hydrogen-bond acceptors (Lipinski definition) is 6. The third-order valence-electron chi connectivity index (χ3n) is 2.90. The van der Waals surface area contributed by atoms with Crippen LogP contribution in [0.15, 0.2) is 33.9 Å².